The van der Waals surface area contributed by atoms with Crippen LogP contribution >= 0.6 is 22.4 Å². The van der Waals surface area contributed by atoms with Gasteiger partial charge in [0.15, 0.2) is 0 Å². The monoisotopic (exact) mass is 276 g/mol. The summed E-state index contributed by atoms with van der Waals surface area (Å²) < 4.78 is 21.4. The van der Waals surface area contributed by atoms with E-state index in [1.54, 1.807) is 12.3 Å². The zero-order chi connectivity index (χ0) is 12.2. The Morgan fingerprint density at radius 3 is 2.88 bits per heavy atom. The molecule has 0 atom stereocenters. The number of aromatic nitrogens is 1. The topological polar surface area (TPSA) is 70.8 Å². The van der Waals surface area contributed by atoms with E-state index in [0.29, 0.717) is 10.6 Å². The van der Waals surface area contributed by atoms with Gasteiger partial charge in [0.2, 0.25) is 9.05 Å². The van der Waals surface area contributed by atoms with Crippen LogP contribution in [0.3, 0.4) is 0 Å². The van der Waals surface area contributed by atoms with Gasteiger partial charge in [-0.25, -0.2) is 13.4 Å². The number of hydrogen-bond donors (Lipinski definition) is 0. The number of nitriles is 1. The molecule has 0 aromatic carbocycles. The first-order chi connectivity index (χ1) is 7.44. The van der Waals surface area contributed by atoms with Crippen molar-refractivity contribution in [1.82, 2.24) is 4.98 Å². The average molecular weight is 277 g/mol. The lowest BCUT2D eigenvalue weighted by atomic mass is 10.2. The smallest absolute Gasteiger partial charge is 0.233 e. The van der Waals surface area contributed by atoms with Gasteiger partial charge in [-0.15, -0.1) is 11.8 Å². The van der Waals surface area contributed by atoms with Crippen molar-refractivity contribution in [2.45, 2.75) is 11.9 Å². The predicted molar refractivity (Wildman–Crippen MR) is 64.1 cm³/mol. The van der Waals surface area contributed by atoms with Gasteiger partial charge in [-0.3, -0.25) is 0 Å². The SMILES string of the molecule is Cc1ccnc(SCCS(=O)(=O)Cl)c1C#N. The third kappa shape index (κ3) is 4.00. The Hall–Kier alpha value is -0.770. The van der Waals surface area contributed by atoms with Crippen LogP contribution in [0.5, 0.6) is 0 Å². The maximum atomic E-state index is 10.7. The molecule has 0 amide bonds. The van der Waals surface area contributed by atoms with E-state index in [0.717, 1.165) is 5.56 Å². The Labute approximate surface area is 103 Å². The number of rotatable bonds is 4. The van der Waals surface area contributed by atoms with Crippen LogP contribution in [0.2, 0.25) is 0 Å². The van der Waals surface area contributed by atoms with Crippen molar-refractivity contribution in [3.05, 3.63) is 23.4 Å². The highest BCUT2D eigenvalue weighted by Crippen LogP contribution is 2.22. The molecule has 0 aliphatic rings. The fourth-order valence-electron chi connectivity index (χ4n) is 1.02. The quantitative estimate of drug-likeness (QED) is 0.621. The number of nitrogens with zero attached hydrogens (tertiary/aromatic N) is 2. The van der Waals surface area contributed by atoms with E-state index < -0.39 is 9.05 Å². The van der Waals surface area contributed by atoms with E-state index in [1.807, 2.05) is 13.0 Å². The first kappa shape index (κ1) is 13.3. The van der Waals surface area contributed by atoms with Gasteiger partial charge in [-0.05, 0) is 18.6 Å². The van der Waals surface area contributed by atoms with Crippen molar-refractivity contribution in [2.24, 2.45) is 0 Å². The number of aryl methyl sites for hydroxylation is 1. The summed E-state index contributed by atoms with van der Waals surface area (Å²) in [5.41, 5.74) is 1.31. The van der Waals surface area contributed by atoms with Crippen LogP contribution in [0, 0.1) is 18.3 Å². The molecule has 0 bridgehead atoms. The predicted octanol–water partition coefficient (Wildman–Crippen LogP) is 1.92. The van der Waals surface area contributed by atoms with Crippen LogP contribution in [0.1, 0.15) is 11.1 Å². The lowest BCUT2D eigenvalue weighted by molar-refractivity contribution is 0.611. The second-order valence-corrected chi connectivity index (χ2v) is 6.99. The standard InChI is InChI=1S/C9H9ClN2O2S2/c1-7-2-3-12-9(8(7)6-11)15-4-5-16(10,13)14/h2-3H,4-5H2,1H3. The molecule has 0 radical (unpaired) electrons. The maximum Gasteiger partial charge on any atom is 0.233 e. The van der Waals surface area contributed by atoms with Crippen molar-refractivity contribution in [2.75, 3.05) is 11.5 Å². The summed E-state index contributed by atoms with van der Waals surface area (Å²) in [5, 5.41) is 9.46. The van der Waals surface area contributed by atoms with Gasteiger partial charge in [0.25, 0.3) is 0 Å². The van der Waals surface area contributed by atoms with Gasteiger partial charge >= 0.3 is 0 Å². The van der Waals surface area contributed by atoms with Gasteiger partial charge < -0.3 is 0 Å². The van der Waals surface area contributed by atoms with Crippen LogP contribution in [-0.2, 0) is 9.05 Å². The summed E-state index contributed by atoms with van der Waals surface area (Å²) in [6.07, 6.45) is 1.59. The van der Waals surface area contributed by atoms with Gasteiger partial charge in [-0.1, -0.05) is 0 Å². The highest BCUT2D eigenvalue weighted by Gasteiger charge is 2.10. The van der Waals surface area contributed by atoms with Gasteiger partial charge in [0.05, 0.1) is 11.3 Å². The molecule has 0 aliphatic carbocycles. The van der Waals surface area contributed by atoms with E-state index in [-0.39, 0.29) is 11.5 Å². The molecule has 1 aromatic rings. The number of hydrogen-bond acceptors (Lipinski definition) is 5. The largest absolute Gasteiger partial charge is 0.249 e. The second-order valence-electron chi connectivity index (χ2n) is 3.01. The minimum absolute atomic E-state index is 0.139. The normalized spacial score (nSPS) is 11.1. The molecule has 0 spiro atoms. The van der Waals surface area contributed by atoms with Crippen LogP contribution in [0.25, 0.3) is 0 Å². The minimum Gasteiger partial charge on any atom is -0.249 e. The van der Waals surface area contributed by atoms with Crippen molar-refractivity contribution in [3.8, 4) is 6.07 Å². The van der Waals surface area contributed by atoms with Gasteiger partial charge in [-0.2, -0.15) is 5.26 Å². The minimum atomic E-state index is -3.48. The highest BCUT2D eigenvalue weighted by atomic mass is 35.7. The number of halogens is 1. The molecule has 0 aliphatic heterocycles. The molecule has 0 saturated carbocycles. The van der Waals surface area contributed by atoms with E-state index in [9.17, 15) is 8.42 Å². The summed E-state index contributed by atoms with van der Waals surface area (Å²) in [5.74, 6) is 0.149. The molecule has 1 heterocycles. The lowest BCUT2D eigenvalue weighted by Crippen LogP contribution is -2.01. The Balaban J connectivity index is 2.76. The molecule has 16 heavy (non-hydrogen) atoms. The molecular weight excluding hydrogens is 268 g/mol. The highest BCUT2D eigenvalue weighted by molar-refractivity contribution is 8.14. The number of pyridine rings is 1. The molecule has 0 unspecified atom stereocenters. The zero-order valence-electron chi connectivity index (χ0n) is 8.47. The van der Waals surface area contributed by atoms with E-state index in [4.69, 9.17) is 15.9 Å². The first-order valence-electron chi connectivity index (χ1n) is 4.35. The van der Waals surface area contributed by atoms with Crippen LogP contribution in [0.15, 0.2) is 17.3 Å². The van der Waals surface area contributed by atoms with Crippen LogP contribution in [-0.4, -0.2) is 24.9 Å². The van der Waals surface area contributed by atoms with E-state index >= 15 is 0 Å². The van der Waals surface area contributed by atoms with Crippen LogP contribution in [0.4, 0.5) is 0 Å². The number of thioether (sulfide) groups is 1. The summed E-state index contributed by atoms with van der Waals surface area (Å²) in [6, 6.07) is 3.78. The van der Waals surface area contributed by atoms with Gasteiger partial charge in [0, 0.05) is 22.6 Å². The van der Waals surface area contributed by atoms with Crippen LogP contribution < -0.4 is 0 Å². The molecule has 0 N–H and O–H groups in total. The Morgan fingerprint density at radius 1 is 1.62 bits per heavy atom. The van der Waals surface area contributed by atoms with E-state index in [2.05, 4.69) is 4.98 Å². The van der Waals surface area contributed by atoms with Crippen molar-refractivity contribution < 1.29 is 8.42 Å². The third-order valence-electron chi connectivity index (χ3n) is 1.80. The Morgan fingerprint density at radius 2 is 2.31 bits per heavy atom. The van der Waals surface area contributed by atoms with Crippen molar-refractivity contribution in [3.63, 3.8) is 0 Å². The molecular formula is C9H9ClN2O2S2. The molecule has 0 saturated heterocycles. The lowest BCUT2D eigenvalue weighted by Gasteiger charge is -2.03. The zero-order valence-corrected chi connectivity index (χ0v) is 10.9. The summed E-state index contributed by atoms with van der Waals surface area (Å²) in [4.78, 5) is 4.03. The van der Waals surface area contributed by atoms with Crippen molar-refractivity contribution in [1.29, 1.82) is 5.26 Å². The summed E-state index contributed by atoms with van der Waals surface area (Å²) in [7, 11) is 1.59. The molecule has 4 nitrogen and oxygen atoms in total. The molecule has 0 fully saturated rings. The third-order valence-corrected chi connectivity index (χ3v) is 4.21. The summed E-state index contributed by atoms with van der Waals surface area (Å²) >= 11 is 1.22. The summed E-state index contributed by atoms with van der Waals surface area (Å²) in [6.45, 7) is 1.81. The fraction of sp³-hybridized carbons (Fsp3) is 0.333. The van der Waals surface area contributed by atoms with Gasteiger partial charge in [0.1, 0.15) is 11.1 Å². The molecule has 1 rings (SSSR count). The fourth-order valence-corrected chi connectivity index (χ4v) is 3.39. The molecule has 86 valence electrons. The Bertz CT molecular complexity index is 523. The maximum absolute atomic E-state index is 10.7. The molecule has 7 heteroatoms. The second kappa shape index (κ2) is 5.53. The Kier molecular flexibility index (Phi) is 4.59. The van der Waals surface area contributed by atoms with Crippen molar-refractivity contribution >= 4 is 31.5 Å². The molecule has 1 aromatic heterocycles. The average Bonchev–Trinajstić information content (AvgIpc) is 2.16. The first-order valence-corrected chi connectivity index (χ1v) is 7.81. The van der Waals surface area contributed by atoms with E-state index in [1.165, 1.54) is 11.8 Å².